The fourth-order valence-electron chi connectivity index (χ4n) is 2.41. The molecule has 2 aliphatic heterocycles. The van der Waals surface area contributed by atoms with Crippen LogP contribution in [0.4, 0.5) is 0 Å². The van der Waals surface area contributed by atoms with E-state index in [1.54, 1.807) is 0 Å². The third kappa shape index (κ3) is 1.49. The van der Waals surface area contributed by atoms with Crippen molar-refractivity contribution in [3.63, 3.8) is 0 Å². The van der Waals surface area contributed by atoms with Crippen LogP contribution in [0.25, 0.3) is 0 Å². The zero-order valence-electron chi connectivity index (χ0n) is 7.66. The van der Waals surface area contributed by atoms with E-state index in [2.05, 4.69) is 17.1 Å². The molecular formula is C9H18N2O. The average molecular weight is 170 g/mol. The first-order valence-electron chi connectivity index (χ1n) is 4.93. The molecule has 0 amide bonds. The first-order chi connectivity index (χ1) is 5.77. The molecule has 2 saturated heterocycles. The second-order valence-corrected chi connectivity index (χ2v) is 4.04. The van der Waals surface area contributed by atoms with Gasteiger partial charge in [-0.25, -0.2) is 0 Å². The van der Waals surface area contributed by atoms with Crippen LogP contribution < -0.4 is 5.32 Å². The first kappa shape index (κ1) is 8.48. The highest BCUT2D eigenvalue weighted by Gasteiger charge is 2.32. The first-order valence-corrected chi connectivity index (χ1v) is 4.93. The van der Waals surface area contributed by atoms with E-state index in [0.29, 0.717) is 12.1 Å². The zero-order chi connectivity index (χ0) is 8.55. The van der Waals surface area contributed by atoms with Gasteiger partial charge < -0.3 is 10.4 Å². The molecule has 12 heavy (non-hydrogen) atoms. The van der Waals surface area contributed by atoms with Crippen LogP contribution in [0.1, 0.15) is 19.8 Å². The monoisotopic (exact) mass is 170 g/mol. The van der Waals surface area contributed by atoms with Crippen molar-refractivity contribution >= 4 is 0 Å². The number of nitrogens with zero attached hydrogens (tertiary/aromatic N) is 1. The topological polar surface area (TPSA) is 35.5 Å². The SMILES string of the molecule is C[C@@H]1NCC[C@H]1N1CC[C@@H](O)C1. The Labute approximate surface area is 73.8 Å². The highest BCUT2D eigenvalue weighted by atomic mass is 16.3. The molecule has 70 valence electrons. The van der Waals surface area contributed by atoms with E-state index in [9.17, 15) is 5.11 Å². The number of rotatable bonds is 1. The fraction of sp³-hybridized carbons (Fsp3) is 1.00. The molecule has 3 atom stereocenters. The predicted molar refractivity (Wildman–Crippen MR) is 48.1 cm³/mol. The van der Waals surface area contributed by atoms with Crippen LogP contribution in [0, 0.1) is 0 Å². The summed E-state index contributed by atoms with van der Waals surface area (Å²) in [5.41, 5.74) is 0. The lowest BCUT2D eigenvalue weighted by molar-refractivity contribution is 0.155. The van der Waals surface area contributed by atoms with Crippen LogP contribution in [0.5, 0.6) is 0 Å². The number of nitrogens with one attached hydrogen (secondary N) is 1. The molecule has 3 nitrogen and oxygen atoms in total. The van der Waals surface area contributed by atoms with Gasteiger partial charge in [0.2, 0.25) is 0 Å². The highest BCUT2D eigenvalue weighted by Crippen LogP contribution is 2.20. The Bertz CT molecular complexity index is 163. The minimum absolute atomic E-state index is 0.0715. The largest absolute Gasteiger partial charge is 0.392 e. The smallest absolute Gasteiger partial charge is 0.0679 e. The maximum absolute atomic E-state index is 9.38. The number of hydrogen-bond donors (Lipinski definition) is 2. The van der Waals surface area contributed by atoms with Crippen LogP contribution in [0.2, 0.25) is 0 Å². The third-order valence-electron chi connectivity index (χ3n) is 3.15. The van der Waals surface area contributed by atoms with Crippen molar-refractivity contribution < 1.29 is 5.11 Å². The number of β-amino-alcohol motifs (C(OH)–C–C–N with tert-alkyl or cyclic N) is 1. The molecular weight excluding hydrogens is 152 g/mol. The Hall–Kier alpha value is -0.120. The molecule has 2 rings (SSSR count). The van der Waals surface area contributed by atoms with Gasteiger partial charge in [0.05, 0.1) is 6.10 Å². The molecule has 2 fully saturated rings. The van der Waals surface area contributed by atoms with Gasteiger partial charge in [0.25, 0.3) is 0 Å². The second-order valence-electron chi connectivity index (χ2n) is 4.04. The predicted octanol–water partition coefficient (Wildman–Crippen LogP) is -0.197. The maximum atomic E-state index is 9.38. The molecule has 0 unspecified atom stereocenters. The Morgan fingerprint density at radius 2 is 2.25 bits per heavy atom. The van der Waals surface area contributed by atoms with Crippen molar-refractivity contribution in [3.05, 3.63) is 0 Å². The Kier molecular flexibility index (Phi) is 2.35. The number of likely N-dealkylation sites (tertiary alicyclic amines) is 1. The Morgan fingerprint density at radius 3 is 2.75 bits per heavy atom. The lowest BCUT2D eigenvalue weighted by Gasteiger charge is -2.26. The standard InChI is InChI=1S/C9H18N2O/c1-7-9(2-4-10-7)11-5-3-8(12)6-11/h7-10,12H,2-6H2,1H3/t7-,8+,9+/m0/s1. The molecule has 2 N–H and O–H groups in total. The molecule has 0 bridgehead atoms. The Balaban J connectivity index is 1.91. The molecule has 0 spiro atoms. The normalized spacial score (nSPS) is 44.0. The van der Waals surface area contributed by atoms with E-state index in [-0.39, 0.29) is 6.10 Å². The van der Waals surface area contributed by atoms with Crippen LogP contribution in [0.15, 0.2) is 0 Å². The minimum Gasteiger partial charge on any atom is -0.392 e. The van der Waals surface area contributed by atoms with Crippen LogP contribution in [0.3, 0.4) is 0 Å². The van der Waals surface area contributed by atoms with Gasteiger partial charge in [0.1, 0.15) is 0 Å². The number of aliphatic hydroxyl groups excluding tert-OH is 1. The van der Waals surface area contributed by atoms with Crippen molar-refractivity contribution in [1.29, 1.82) is 0 Å². The van der Waals surface area contributed by atoms with Gasteiger partial charge in [0.15, 0.2) is 0 Å². The summed E-state index contributed by atoms with van der Waals surface area (Å²) in [7, 11) is 0. The quantitative estimate of drug-likeness (QED) is 0.572. The van der Waals surface area contributed by atoms with Crippen molar-refractivity contribution in [1.82, 2.24) is 10.2 Å². The van der Waals surface area contributed by atoms with Gasteiger partial charge in [-0.2, -0.15) is 0 Å². The van der Waals surface area contributed by atoms with Gasteiger partial charge in [-0.15, -0.1) is 0 Å². The van der Waals surface area contributed by atoms with Crippen LogP contribution in [-0.4, -0.2) is 47.8 Å². The molecule has 0 saturated carbocycles. The van der Waals surface area contributed by atoms with Crippen LogP contribution in [-0.2, 0) is 0 Å². The molecule has 0 aromatic rings. The minimum atomic E-state index is -0.0715. The van der Waals surface area contributed by atoms with Crippen molar-refractivity contribution in [2.75, 3.05) is 19.6 Å². The lowest BCUT2D eigenvalue weighted by Crippen LogP contribution is -2.41. The molecule has 2 aliphatic rings. The fourth-order valence-corrected chi connectivity index (χ4v) is 2.41. The molecule has 0 aliphatic carbocycles. The van der Waals surface area contributed by atoms with E-state index in [4.69, 9.17) is 0 Å². The van der Waals surface area contributed by atoms with E-state index in [1.807, 2.05) is 0 Å². The number of aliphatic hydroxyl groups is 1. The van der Waals surface area contributed by atoms with E-state index >= 15 is 0 Å². The highest BCUT2D eigenvalue weighted by molar-refractivity contribution is 4.91. The van der Waals surface area contributed by atoms with Crippen LogP contribution >= 0.6 is 0 Å². The van der Waals surface area contributed by atoms with Crippen molar-refractivity contribution in [2.45, 2.75) is 38.0 Å². The summed E-state index contributed by atoms with van der Waals surface area (Å²) in [6.45, 7) is 5.34. The lowest BCUT2D eigenvalue weighted by atomic mass is 10.1. The summed E-state index contributed by atoms with van der Waals surface area (Å²) in [4.78, 5) is 2.43. The Morgan fingerprint density at radius 1 is 1.42 bits per heavy atom. The van der Waals surface area contributed by atoms with Crippen molar-refractivity contribution in [3.8, 4) is 0 Å². The second kappa shape index (κ2) is 3.32. The zero-order valence-corrected chi connectivity index (χ0v) is 7.66. The van der Waals surface area contributed by atoms with Gasteiger partial charge in [-0.1, -0.05) is 0 Å². The average Bonchev–Trinajstić information content (AvgIpc) is 2.58. The van der Waals surface area contributed by atoms with Gasteiger partial charge >= 0.3 is 0 Å². The molecule has 0 radical (unpaired) electrons. The summed E-state index contributed by atoms with van der Waals surface area (Å²) in [6, 6.07) is 1.28. The molecule has 2 heterocycles. The molecule has 0 aromatic carbocycles. The molecule has 3 heteroatoms. The molecule has 0 aromatic heterocycles. The van der Waals surface area contributed by atoms with Gasteiger partial charge in [0, 0.05) is 25.2 Å². The van der Waals surface area contributed by atoms with Gasteiger partial charge in [-0.05, 0) is 26.3 Å². The van der Waals surface area contributed by atoms with Gasteiger partial charge in [-0.3, -0.25) is 4.90 Å². The maximum Gasteiger partial charge on any atom is 0.0679 e. The number of hydrogen-bond acceptors (Lipinski definition) is 3. The van der Waals surface area contributed by atoms with E-state index in [0.717, 1.165) is 26.1 Å². The van der Waals surface area contributed by atoms with E-state index < -0.39 is 0 Å². The summed E-state index contributed by atoms with van der Waals surface area (Å²) >= 11 is 0. The van der Waals surface area contributed by atoms with Crippen molar-refractivity contribution in [2.24, 2.45) is 0 Å². The summed E-state index contributed by atoms with van der Waals surface area (Å²) in [5.74, 6) is 0. The third-order valence-corrected chi connectivity index (χ3v) is 3.15. The summed E-state index contributed by atoms with van der Waals surface area (Å²) < 4.78 is 0. The summed E-state index contributed by atoms with van der Waals surface area (Å²) in [6.07, 6.45) is 2.13. The summed E-state index contributed by atoms with van der Waals surface area (Å²) in [5, 5.41) is 12.8. The van der Waals surface area contributed by atoms with E-state index in [1.165, 1.54) is 6.42 Å².